The Morgan fingerprint density at radius 2 is 1.75 bits per heavy atom. The SMILES string of the molecule is CCCNCc1ccc(OCc2c(Cl)cccc2Cl)c(OC)c1.Cl. The van der Waals surface area contributed by atoms with E-state index < -0.39 is 0 Å². The van der Waals surface area contributed by atoms with Crippen molar-refractivity contribution in [2.45, 2.75) is 26.5 Å². The van der Waals surface area contributed by atoms with E-state index in [1.807, 2.05) is 24.3 Å². The first-order chi connectivity index (χ1) is 11.2. The molecule has 1 N–H and O–H groups in total. The van der Waals surface area contributed by atoms with Crippen LogP contribution in [-0.4, -0.2) is 13.7 Å². The van der Waals surface area contributed by atoms with Gasteiger partial charge in [-0.25, -0.2) is 0 Å². The Kier molecular flexibility index (Phi) is 9.30. The van der Waals surface area contributed by atoms with Crippen molar-refractivity contribution in [1.29, 1.82) is 0 Å². The number of ether oxygens (including phenoxy) is 2. The van der Waals surface area contributed by atoms with Crippen LogP contribution in [-0.2, 0) is 13.2 Å². The molecule has 2 rings (SSSR count). The summed E-state index contributed by atoms with van der Waals surface area (Å²) in [6.45, 7) is 4.24. The maximum atomic E-state index is 6.16. The van der Waals surface area contributed by atoms with Crippen LogP contribution >= 0.6 is 35.6 Å². The van der Waals surface area contributed by atoms with Gasteiger partial charge in [-0.3, -0.25) is 0 Å². The third-order valence-electron chi connectivity index (χ3n) is 3.42. The van der Waals surface area contributed by atoms with Gasteiger partial charge in [-0.15, -0.1) is 12.4 Å². The summed E-state index contributed by atoms with van der Waals surface area (Å²) in [6, 6.07) is 11.3. The van der Waals surface area contributed by atoms with Crippen molar-refractivity contribution in [2.24, 2.45) is 0 Å². The van der Waals surface area contributed by atoms with Gasteiger partial charge in [-0.05, 0) is 42.8 Å². The van der Waals surface area contributed by atoms with Crippen LogP contribution in [0, 0.1) is 0 Å². The summed E-state index contributed by atoms with van der Waals surface area (Å²) in [5, 5.41) is 4.55. The molecule has 0 aliphatic rings. The summed E-state index contributed by atoms with van der Waals surface area (Å²) in [7, 11) is 1.63. The fraction of sp³-hybridized carbons (Fsp3) is 0.333. The van der Waals surface area contributed by atoms with Gasteiger partial charge < -0.3 is 14.8 Å². The van der Waals surface area contributed by atoms with Gasteiger partial charge in [0, 0.05) is 22.2 Å². The number of halogens is 3. The van der Waals surface area contributed by atoms with E-state index in [2.05, 4.69) is 12.2 Å². The average molecular weight is 391 g/mol. The lowest BCUT2D eigenvalue weighted by atomic mass is 10.2. The van der Waals surface area contributed by atoms with E-state index in [0.717, 1.165) is 30.6 Å². The molecule has 0 spiro atoms. The van der Waals surface area contributed by atoms with E-state index in [9.17, 15) is 0 Å². The first-order valence-corrected chi connectivity index (χ1v) is 8.34. The second-order valence-corrected chi connectivity index (χ2v) is 5.97. The number of rotatable bonds is 8. The van der Waals surface area contributed by atoms with Crippen LogP contribution in [0.4, 0.5) is 0 Å². The van der Waals surface area contributed by atoms with Gasteiger partial charge in [0.05, 0.1) is 7.11 Å². The second-order valence-electron chi connectivity index (χ2n) is 5.15. The minimum atomic E-state index is 0. The molecule has 0 atom stereocenters. The Bertz CT molecular complexity index is 630. The highest BCUT2D eigenvalue weighted by molar-refractivity contribution is 6.35. The van der Waals surface area contributed by atoms with E-state index in [0.29, 0.717) is 28.2 Å². The number of benzene rings is 2. The summed E-state index contributed by atoms with van der Waals surface area (Å²) < 4.78 is 11.3. The zero-order chi connectivity index (χ0) is 16.7. The van der Waals surface area contributed by atoms with Gasteiger partial charge in [-0.2, -0.15) is 0 Å². The highest BCUT2D eigenvalue weighted by Crippen LogP contribution is 2.31. The highest BCUT2D eigenvalue weighted by Gasteiger charge is 2.10. The topological polar surface area (TPSA) is 30.5 Å². The molecule has 0 aliphatic heterocycles. The Balaban J connectivity index is 0.00000288. The normalized spacial score (nSPS) is 10.2. The van der Waals surface area contributed by atoms with Gasteiger partial charge in [-0.1, -0.05) is 42.3 Å². The molecule has 0 heterocycles. The number of methoxy groups -OCH3 is 1. The van der Waals surface area contributed by atoms with Crippen molar-refractivity contribution in [1.82, 2.24) is 5.32 Å². The van der Waals surface area contributed by atoms with Gasteiger partial charge in [0.2, 0.25) is 0 Å². The van der Waals surface area contributed by atoms with Gasteiger partial charge >= 0.3 is 0 Å². The standard InChI is InChI=1S/C18H21Cl2NO2.ClH/c1-3-9-21-11-13-7-8-17(18(10-13)22-2)23-12-14-15(19)5-4-6-16(14)20;/h4-8,10,21H,3,9,11-12H2,1-2H3;1H. The molecule has 0 aromatic heterocycles. The van der Waals surface area contributed by atoms with Crippen LogP contribution in [0.15, 0.2) is 36.4 Å². The summed E-state index contributed by atoms with van der Waals surface area (Å²) in [6.07, 6.45) is 1.11. The quantitative estimate of drug-likeness (QED) is 0.603. The van der Waals surface area contributed by atoms with Crippen molar-refractivity contribution in [3.63, 3.8) is 0 Å². The molecular formula is C18H22Cl3NO2. The first-order valence-electron chi connectivity index (χ1n) is 7.59. The zero-order valence-electron chi connectivity index (χ0n) is 13.8. The molecule has 2 aromatic rings. The van der Waals surface area contributed by atoms with E-state index >= 15 is 0 Å². The predicted molar refractivity (Wildman–Crippen MR) is 103 cm³/mol. The van der Waals surface area contributed by atoms with E-state index in [4.69, 9.17) is 32.7 Å². The molecule has 0 unspecified atom stereocenters. The van der Waals surface area contributed by atoms with Gasteiger partial charge in [0.25, 0.3) is 0 Å². The van der Waals surface area contributed by atoms with Crippen molar-refractivity contribution in [3.8, 4) is 11.5 Å². The summed E-state index contributed by atoms with van der Waals surface area (Å²) >= 11 is 12.3. The molecule has 3 nitrogen and oxygen atoms in total. The van der Waals surface area contributed by atoms with Crippen molar-refractivity contribution >= 4 is 35.6 Å². The van der Waals surface area contributed by atoms with Gasteiger partial charge in [0.15, 0.2) is 11.5 Å². The summed E-state index contributed by atoms with van der Waals surface area (Å²) in [5.41, 5.74) is 1.92. The second kappa shape index (κ2) is 10.7. The Hall–Kier alpha value is -1.13. The Morgan fingerprint density at radius 3 is 2.38 bits per heavy atom. The van der Waals surface area contributed by atoms with Crippen LogP contribution in [0.1, 0.15) is 24.5 Å². The number of hydrogen-bond donors (Lipinski definition) is 1. The molecule has 132 valence electrons. The molecule has 0 bridgehead atoms. The zero-order valence-corrected chi connectivity index (χ0v) is 16.1. The minimum absolute atomic E-state index is 0. The lowest BCUT2D eigenvalue weighted by molar-refractivity contribution is 0.284. The molecule has 0 radical (unpaired) electrons. The molecule has 0 aliphatic carbocycles. The van der Waals surface area contributed by atoms with E-state index in [-0.39, 0.29) is 12.4 Å². The third kappa shape index (κ3) is 5.75. The van der Waals surface area contributed by atoms with Crippen LogP contribution in [0.25, 0.3) is 0 Å². The summed E-state index contributed by atoms with van der Waals surface area (Å²) in [5.74, 6) is 1.37. The van der Waals surface area contributed by atoms with Crippen molar-refractivity contribution in [2.75, 3.05) is 13.7 Å². The van der Waals surface area contributed by atoms with Crippen molar-refractivity contribution < 1.29 is 9.47 Å². The molecule has 6 heteroatoms. The van der Waals surface area contributed by atoms with E-state index in [1.165, 1.54) is 0 Å². The summed E-state index contributed by atoms with van der Waals surface area (Å²) in [4.78, 5) is 0. The fourth-order valence-corrected chi connectivity index (χ4v) is 2.68. The predicted octanol–water partition coefficient (Wildman–Crippen LogP) is 5.50. The molecule has 2 aromatic carbocycles. The smallest absolute Gasteiger partial charge is 0.161 e. The van der Waals surface area contributed by atoms with Crippen LogP contribution in [0.5, 0.6) is 11.5 Å². The Labute approximate surface area is 159 Å². The molecule has 24 heavy (non-hydrogen) atoms. The molecule has 0 fully saturated rings. The lowest BCUT2D eigenvalue weighted by Gasteiger charge is -2.14. The minimum Gasteiger partial charge on any atom is -0.493 e. The lowest BCUT2D eigenvalue weighted by Crippen LogP contribution is -2.13. The van der Waals surface area contributed by atoms with Crippen molar-refractivity contribution in [3.05, 3.63) is 57.6 Å². The Morgan fingerprint density at radius 1 is 1.04 bits per heavy atom. The van der Waals surface area contributed by atoms with E-state index in [1.54, 1.807) is 19.2 Å². The molecule has 0 saturated heterocycles. The molecular weight excluding hydrogens is 369 g/mol. The maximum Gasteiger partial charge on any atom is 0.161 e. The highest BCUT2D eigenvalue weighted by atomic mass is 35.5. The van der Waals surface area contributed by atoms with Crippen LogP contribution in [0.2, 0.25) is 10.0 Å². The monoisotopic (exact) mass is 389 g/mol. The maximum absolute atomic E-state index is 6.16. The fourth-order valence-electron chi connectivity index (χ4n) is 2.17. The molecule has 0 saturated carbocycles. The van der Waals surface area contributed by atoms with Gasteiger partial charge in [0.1, 0.15) is 6.61 Å². The largest absolute Gasteiger partial charge is 0.493 e. The van der Waals surface area contributed by atoms with Crippen LogP contribution in [0.3, 0.4) is 0 Å². The number of hydrogen-bond acceptors (Lipinski definition) is 3. The third-order valence-corrected chi connectivity index (χ3v) is 4.13. The number of nitrogens with one attached hydrogen (secondary N) is 1. The first kappa shape index (κ1) is 20.9. The van der Waals surface area contributed by atoms with Crippen LogP contribution < -0.4 is 14.8 Å². The molecule has 0 amide bonds. The average Bonchev–Trinajstić information content (AvgIpc) is 2.55.